The van der Waals surface area contributed by atoms with Crippen molar-refractivity contribution in [2.75, 3.05) is 6.73 Å². The maximum Gasteiger partial charge on any atom is 0.232 e. The van der Waals surface area contributed by atoms with Crippen molar-refractivity contribution < 1.29 is 9.13 Å². The third kappa shape index (κ3) is 2.34. The molecule has 1 aliphatic rings. The molecule has 1 N–H and O–H groups in total. The van der Waals surface area contributed by atoms with E-state index in [9.17, 15) is 4.39 Å². The van der Waals surface area contributed by atoms with E-state index in [-0.39, 0.29) is 12.5 Å². The first-order valence-electron chi connectivity index (χ1n) is 6.57. The maximum absolute atomic E-state index is 13.9. The highest BCUT2D eigenvalue weighted by molar-refractivity contribution is 5.82. The van der Waals surface area contributed by atoms with Gasteiger partial charge in [0.05, 0.1) is 11.6 Å². The lowest BCUT2D eigenvalue weighted by atomic mass is 9.94. The second kappa shape index (κ2) is 5.29. The first-order chi connectivity index (χ1) is 10.2. The molecule has 0 amide bonds. The van der Waals surface area contributed by atoms with Crippen LogP contribution in [0.15, 0.2) is 48.4 Å². The second-order valence-corrected chi connectivity index (χ2v) is 4.80. The molecule has 0 bridgehead atoms. The third-order valence-electron chi connectivity index (χ3n) is 3.47. The van der Waals surface area contributed by atoms with Crippen molar-refractivity contribution in [3.05, 3.63) is 65.1 Å². The molecule has 0 saturated heterocycles. The predicted octanol–water partition coefficient (Wildman–Crippen LogP) is 3.71. The molecule has 1 aliphatic heterocycles. The molecule has 104 valence electrons. The monoisotopic (exact) mass is 280 g/mol. The summed E-state index contributed by atoms with van der Waals surface area (Å²) in [6.45, 7) is 2.06. The van der Waals surface area contributed by atoms with E-state index in [0.29, 0.717) is 5.56 Å². The molecular weight excluding hydrogens is 267 g/mol. The van der Waals surface area contributed by atoms with Gasteiger partial charge in [0.1, 0.15) is 0 Å². The van der Waals surface area contributed by atoms with Gasteiger partial charge in [0, 0.05) is 5.56 Å². The summed E-state index contributed by atoms with van der Waals surface area (Å²) in [6.07, 6.45) is 0. The van der Waals surface area contributed by atoms with Crippen LogP contribution in [0.1, 0.15) is 16.7 Å². The summed E-state index contributed by atoms with van der Waals surface area (Å²) in [5.74, 6) is -0.202. The van der Waals surface area contributed by atoms with Crippen molar-refractivity contribution in [3.63, 3.8) is 0 Å². The summed E-state index contributed by atoms with van der Waals surface area (Å²) in [7, 11) is 0. The van der Waals surface area contributed by atoms with Crippen molar-refractivity contribution >= 4 is 5.76 Å². The highest BCUT2D eigenvalue weighted by Gasteiger charge is 2.22. The highest BCUT2D eigenvalue weighted by Crippen LogP contribution is 2.35. The van der Waals surface area contributed by atoms with Crippen LogP contribution < -0.4 is 5.32 Å². The summed E-state index contributed by atoms with van der Waals surface area (Å²) >= 11 is 0. The minimum absolute atomic E-state index is 0.141. The molecule has 0 spiro atoms. The largest absolute Gasteiger partial charge is 0.468 e. The Hall–Kier alpha value is -2.80. The lowest BCUT2D eigenvalue weighted by Gasteiger charge is -2.13. The number of nitrogens with zero attached hydrogens (tertiary/aromatic N) is 1. The maximum atomic E-state index is 13.9. The smallest absolute Gasteiger partial charge is 0.232 e. The van der Waals surface area contributed by atoms with Gasteiger partial charge in [-0.3, -0.25) is 0 Å². The van der Waals surface area contributed by atoms with E-state index in [0.717, 1.165) is 22.3 Å². The molecular formula is C17H13FN2O. The van der Waals surface area contributed by atoms with Crippen LogP contribution in [-0.4, -0.2) is 6.73 Å². The fourth-order valence-electron chi connectivity index (χ4n) is 2.43. The Bertz CT molecular complexity index is 757. The van der Waals surface area contributed by atoms with Crippen LogP contribution in [0, 0.1) is 18.3 Å². The van der Waals surface area contributed by atoms with Crippen LogP contribution in [0.3, 0.4) is 0 Å². The van der Waals surface area contributed by atoms with Crippen molar-refractivity contribution in [1.82, 2.24) is 5.32 Å². The van der Waals surface area contributed by atoms with Crippen LogP contribution >= 0.6 is 0 Å². The Morgan fingerprint density at radius 2 is 1.95 bits per heavy atom. The Balaban J connectivity index is 2.17. The van der Waals surface area contributed by atoms with Gasteiger partial charge < -0.3 is 10.1 Å². The number of benzene rings is 2. The first-order valence-corrected chi connectivity index (χ1v) is 6.57. The quantitative estimate of drug-likeness (QED) is 0.853. The SMILES string of the molecule is Cc1cccc(-c2ccc(C#N)cc2)c1C1=C(F)NCO1. The Morgan fingerprint density at radius 3 is 2.57 bits per heavy atom. The van der Waals surface area contributed by atoms with Crippen LogP contribution in [0.25, 0.3) is 16.9 Å². The van der Waals surface area contributed by atoms with Crippen LogP contribution in [0.2, 0.25) is 0 Å². The van der Waals surface area contributed by atoms with Crippen LogP contribution in [0.4, 0.5) is 4.39 Å². The van der Waals surface area contributed by atoms with Gasteiger partial charge >= 0.3 is 0 Å². The molecule has 0 fully saturated rings. The van der Waals surface area contributed by atoms with Crippen molar-refractivity contribution in [3.8, 4) is 17.2 Å². The molecule has 0 aromatic heterocycles. The number of aryl methyl sites for hydroxylation is 1. The molecule has 0 saturated carbocycles. The molecule has 3 nitrogen and oxygen atoms in total. The number of rotatable bonds is 2. The fraction of sp³-hybridized carbons (Fsp3) is 0.118. The zero-order valence-electron chi connectivity index (χ0n) is 11.5. The molecule has 1 heterocycles. The van der Waals surface area contributed by atoms with Gasteiger partial charge in [-0.1, -0.05) is 30.3 Å². The molecule has 0 radical (unpaired) electrons. The van der Waals surface area contributed by atoms with E-state index in [2.05, 4.69) is 11.4 Å². The van der Waals surface area contributed by atoms with Gasteiger partial charge in [0.2, 0.25) is 5.95 Å². The number of halogens is 1. The summed E-state index contributed by atoms with van der Waals surface area (Å²) in [5.41, 5.74) is 4.07. The molecule has 2 aromatic rings. The zero-order chi connectivity index (χ0) is 14.8. The van der Waals surface area contributed by atoms with E-state index in [4.69, 9.17) is 10.00 Å². The molecule has 21 heavy (non-hydrogen) atoms. The fourth-order valence-corrected chi connectivity index (χ4v) is 2.43. The number of hydrogen-bond donors (Lipinski definition) is 1. The topological polar surface area (TPSA) is 45.0 Å². The second-order valence-electron chi connectivity index (χ2n) is 4.80. The average Bonchev–Trinajstić information content (AvgIpc) is 2.93. The van der Waals surface area contributed by atoms with E-state index >= 15 is 0 Å². The molecule has 3 rings (SSSR count). The lowest BCUT2D eigenvalue weighted by molar-refractivity contribution is 0.289. The third-order valence-corrected chi connectivity index (χ3v) is 3.47. The van der Waals surface area contributed by atoms with Gasteiger partial charge in [0.25, 0.3) is 0 Å². The minimum Gasteiger partial charge on any atom is -0.468 e. The van der Waals surface area contributed by atoms with Crippen LogP contribution in [0.5, 0.6) is 0 Å². The Kier molecular flexibility index (Phi) is 3.33. The summed E-state index contributed by atoms with van der Waals surface area (Å²) in [5, 5.41) is 11.4. The number of hydrogen-bond acceptors (Lipinski definition) is 3. The number of ether oxygens (including phenoxy) is 1. The summed E-state index contributed by atoms with van der Waals surface area (Å²) in [4.78, 5) is 0. The molecule has 2 aromatic carbocycles. The van der Waals surface area contributed by atoms with Gasteiger partial charge in [-0.2, -0.15) is 9.65 Å². The lowest BCUT2D eigenvalue weighted by Crippen LogP contribution is -2.03. The van der Waals surface area contributed by atoms with Crippen molar-refractivity contribution in [2.24, 2.45) is 0 Å². The molecule has 0 unspecified atom stereocenters. The zero-order valence-corrected chi connectivity index (χ0v) is 11.5. The number of nitriles is 1. The predicted molar refractivity (Wildman–Crippen MR) is 78.4 cm³/mol. The van der Waals surface area contributed by atoms with E-state index in [1.807, 2.05) is 37.3 Å². The Morgan fingerprint density at radius 1 is 1.19 bits per heavy atom. The van der Waals surface area contributed by atoms with E-state index < -0.39 is 5.95 Å². The van der Waals surface area contributed by atoms with Gasteiger partial charge in [0.15, 0.2) is 12.5 Å². The van der Waals surface area contributed by atoms with E-state index in [1.165, 1.54) is 0 Å². The average molecular weight is 280 g/mol. The van der Waals surface area contributed by atoms with E-state index in [1.54, 1.807) is 12.1 Å². The van der Waals surface area contributed by atoms with Gasteiger partial charge in [-0.05, 0) is 35.7 Å². The summed E-state index contributed by atoms with van der Waals surface area (Å²) in [6, 6.07) is 15.1. The van der Waals surface area contributed by atoms with Crippen molar-refractivity contribution in [1.29, 1.82) is 5.26 Å². The molecule has 0 aliphatic carbocycles. The number of nitrogens with one attached hydrogen (secondary N) is 1. The highest BCUT2D eigenvalue weighted by atomic mass is 19.1. The molecule has 4 heteroatoms. The molecule has 0 atom stereocenters. The standard InChI is InChI=1S/C17H13FN2O/c1-11-3-2-4-14(13-7-5-12(9-19)6-8-13)15(11)16-17(18)20-10-21-16/h2-8,20H,10H2,1H3. The normalized spacial score (nSPS) is 13.6. The first kappa shape index (κ1) is 13.2. The van der Waals surface area contributed by atoms with Gasteiger partial charge in [-0.15, -0.1) is 0 Å². The summed E-state index contributed by atoms with van der Waals surface area (Å²) < 4.78 is 19.2. The van der Waals surface area contributed by atoms with Crippen molar-refractivity contribution in [2.45, 2.75) is 6.92 Å². The Labute approximate surface area is 122 Å². The van der Waals surface area contributed by atoms with Gasteiger partial charge in [-0.25, -0.2) is 0 Å². The minimum atomic E-state index is -0.445. The van der Waals surface area contributed by atoms with Crippen LogP contribution in [-0.2, 0) is 4.74 Å².